The predicted octanol–water partition coefficient (Wildman–Crippen LogP) is 1.90. The molecule has 1 fully saturated rings. The van der Waals surface area contributed by atoms with E-state index in [-0.39, 0.29) is 5.54 Å². The van der Waals surface area contributed by atoms with E-state index in [9.17, 15) is 0 Å². The Morgan fingerprint density at radius 3 is 2.75 bits per heavy atom. The zero-order valence-corrected chi connectivity index (χ0v) is 13.4. The van der Waals surface area contributed by atoms with Gasteiger partial charge in [0, 0.05) is 31.4 Å². The van der Waals surface area contributed by atoms with Crippen LogP contribution in [0.25, 0.3) is 0 Å². The predicted molar refractivity (Wildman–Crippen MR) is 81.5 cm³/mol. The van der Waals surface area contributed by atoms with Crippen LogP contribution in [0.3, 0.4) is 0 Å². The first-order chi connectivity index (χ1) is 9.46. The van der Waals surface area contributed by atoms with Crippen molar-refractivity contribution in [2.24, 2.45) is 5.92 Å². The minimum Gasteiger partial charge on any atom is -0.306 e. The normalized spacial score (nSPS) is 16.1. The molecule has 0 spiro atoms. The van der Waals surface area contributed by atoms with Crippen LogP contribution in [0.1, 0.15) is 46.2 Å². The van der Waals surface area contributed by atoms with E-state index in [0.29, 0.717) is 0 Å². The van der Waals surface area contributed by atoms with Crippen molar-refractivity contribution in [3.05, 3.63) is 11.9 Å². The van der Waals surface area contributed by atoms with Crippen molar-refractivity contribution in [1.29, 1.82) is 0 Å². The van der Waals surface area contributed by atoms with Gasteiger partial charge in [-0.25, -0.2) is 0 Å². The van der Waals surface area contributed by atoms with Crippen molar-refractivity contribution in [1.82, 2.24) is 25.2 Å². The van der Waals surface area contributed by atoms with Crippen molar-refractivity contribution < 1.29 is 0 Å². The lowest BCUT2D eigenvalue weighted by Crippen LogP contribution is -2.35. The summed E-state index contributed by atoms with van der Waals surface area (Å²) >= 11 is 0. The highest BCUT2D eigenvalue weighted by molar-refractivity contribution is 4.93. The zero-order chi connectivity index (χ0) is 14.6. The van der Waals surface area contributed by atoms with Crippen molar-refractivity contribution >= 4 is 0 Å². The molecule has 0 aromatic carbocycles. The highest BCUT2D eigenvalue weighted by Gasteiger charge is 2.23. The molecule has 0 atom stereocenters. The summed E-state index contributed by atoms with van der Waals surface area (Å²) < 4.78 is 1.97. The number of nitrogens with zero attached hydrogens (tertiary/aromatic N) is 4. The van der Waals surface area contributed by atoms with Gasteiger partial charge in [-0.2, -0.15) is 0 Å². The van der Waals surface area contributed by atoms with Crippen LogP contribution in [-0.4, -0.2) is 45.1 Å². The number of hydrogen-bond acceptors (Lipinski definition) is 4. The lowest BCUT2D eigenvalue weighted by molar-refractivity contribution is 0.260. The molecule has 0 unspecified atom stereocenters. The van der Waals surface area contributed by atoms with Gasteiger partial charge < -0.3 is 10.2 Å². The van der Waals surface area contributed by atoms with Gasteiger partial charge in [0.25, 0.3) is 0 Å². The van der Waals surface area contributed by atoms with Gasteiger partial charge in [-0.05, 0) is 46.1 Å². The van der Waals surface area contributed by atoms with E-state index in [1.807, 2.05) is 4.68 Å². The average Bonchev–Trinajstić information content (AvgIpc) is 3.08. The van der Waals surface area contributed by atoms with Crippen LogP contribution in [0.4, 0.5) is 0 Å². The van der Waals surface area contributed by atoms with Crippen LogP contribution in [0.2, 0.25) is 0 Å². The van der Waals surface area contributed by atoms with E-state index in [1.165, 1.54) is 19.4 Å². The summed E-state index contributed by atoms with van der Waals surface area (Å²) in [6, 6.07) is 0. The van der Waals surface area contributed by atoms with Gasteiger partial charge in [-0.3, -0.25) is 4.68 Å². The van der Waals surface area contributed by atoms with E-state index < -0.39 is 0 Å². The molecule has 1 aliphatic carbocycles. The summed E-state index contributed by atoms with van der Waals surface area (Å²) in [5.41, 5.74) is 1.14. The molecule has 0 saturated heterocycles. The maximum absolute atomic E-state index is 4.23. The topological polar surface area (TPSA) is 46.0 Å². The number of hydrogen-bond donors (Lipinski definition) is 1. The molecule has 1 heterocycles. The fourth-order valence-corrected chi connectivity index (χ4v) is 2.17. The first-order valence-corrected chi connectivity index (χ1v) is 7.82. The number of likely N-dealkylation sites (N-methyl/N-ethyl adjacent to an activating group) is 1. The third-order valence-electron chi connectivity index (χ3n) is 3.69. The van der Waals surface area contributed by atoms with Gasteiger partial charge in [-0.15, -0.1) is 5.10 Å². The summed E-state index contributed by atoms with van der Waals surface area (Å²) in [6.45, 7) is 13.9. The monoisotopic (exact) mass is 279 g/mol. The van der Waals surface area contributed by atoms with Gasteiger partial charge in [0.2, 0.25) is 0 Å². The van der Waals surface area contributed by atoms with Crippen LogP contribution in [-0.2, 0) is 13.1 Å². The Balaban J connectivity index is 1.73. The standard InChI is InChI=1S/C15H29N5/c1-5-19(11-13-6-7-13)8-9-20-12-14(17-18-20)10-16-15(2,3)4/h12-13,16H,5-11H2,1-4H3. The van der Waals surface area contributed by atoms with E-state index in [1.54, 1.807) is 0 Å². The fraction of sp³-hybridized carbons (Fsp3) is 0.867. The van der Waals surface area contributed by atoms with Crippen LogP contribution >= 0.6 is 0 Å². The molecular formula is C15H29N5. The van der Waals surface area contributed by atoms with E-state index in [4.69, 9.17) is 0 Å². The fourth-order valence-electron chi connectivity index (χ4n) is 2.17. The zero-order valence-electron chi connectivity index (χ0n) is 13.4. The minimum absolute atomic E-state index is 0.118. The van der Waals surface area contributed by atoms with Crippen LogP contribution < -0.4 is 5.32 Å². The maximum Gasteiger partial charge on any atom is 0.0965 e. The first kappa shape index (κ1) is 15.4. The Labute approximate surface area is 122 Å². The second-order valence-corrected chi connectivity index (χ2v) is 6.91. The number of rotatable bonds is 8. The second kappa shape index (κ2) is 6.68. The van der Waals surface area contributed by atoms with Crippen molar-refractivity contribution in [3.63, 3.8) is 0 Å². The Bertz CT molecular complexity index is 403. The largest absolute Gasteiger partial charge is 0.306 e. The Morgan fingerprint density at radius 2 is 2.15 bits per heavy atom. The van der Waals surface area contributed by atoms with Gasteiger partial charge in [0.05, 0.1) is 12.2 Å². The van der Waals surface area contributed by atoms with E-state index in [2.05, 4.69) is 54.4 Å². The highest BCUT2D eigenvalue weighted by Crippen LogP contribution is 2.29. The molecule has 0 radical (unpaired) electrons. The SMILES string of the molecule is CCN(CCn1cc(CNC(C)(C)C)nn1)CC1CC1. The summed E-state index contributed by atoms with van der Waals surface area (Å²) in [4.78, 5) is 2.52. The molecule has 114 valence electrons. The molecule has 2 rings (SSSR count). The quantitative estimate of drug-likeness (QED) is 0.789. The highest BCUT2D eigenvalue weighted by atomic mass is 15.4. The van der Waals surface area contributed by atoms with Crippen molar-refractivity contribution in [2.45, 2.75) is 59.2 Å². The Morgan fingerprint density at radius 1 is 1.40 bits per heavy atom. The van der Waals surface area contributed by atoms with E-state index in [0.717, 1.165) is 37.8 Å². The molecule has 0 aliphatic heterocycles. The van der Waals surface area contributed by atoms with Gasteiger partial charge in [0.15, 0.2) is 0 Å². The summed E-state index contributed by atoms with van der Waals surface area (Å²) in [7, 11) is 0. The second-order valence-electron chi connectivity index (χ2n) is 6.91. The molecular weight excluding hydrogens is 250 g/mol. The molecule has 1 aromatic rings. The van der Waals surface area contributed by atoms with Crippen molar-refractivity contribution in [2.75, 3.05) is 19.6 Å². The third-order valence-corrected chi connectivity index (χ3v) is 3.69. The number of nitrogens with one attached hydrogen (secondary N) is 1. The molecule has 0 bridgehead atoms. The van der Waals surface area contributed by atoms with Crippen LogP contribution in [0.5, 0.6) is 0 Å². The summed E-state index contributed by atoms with van der Waals surface area (Å²) in [5, 5.41) is 11.9. The molecule has 0 amide bonds. The molecule has 1 saturated carbocycles. The van der Waals surface area contributed by atoms with E-state index >= 15 is 0 Å². The van der Waals surface area contributed by atoms with Crippen molar-refractivity contribution in [3.8, 4) is 0 Å². The maximum atomic E-state index is 4.23. The van der Waals surface area contributed by atoms with Gasteiger partial charge >= 0.3 is 0 Å². The Kier molecular flexibility index (Phi) is 5.16. The molecule has 1 aromatic heterocycles. The van der Waals surface area contributed by atoms with Crippen LogP contribution in [0.15, 0.2) is 6.20 Å². The molecule has 1 N–H and O–H groups in total. The van der Waals surface area contributed by atoms with Gasteiger partial charge in [-0.1, -0.05) is 12.1 Å². The summed E-state index contributed by atoms with van der Waals surface area (Å²) in [6.07, 6.45) is 4.90. The number of aromatic nitrogens is 3. The lowest BCUT2D eigenvalue weighted by Gasteiger charge is -2.19. The molecule has 20 heavy (non-hydrogen) atoms. The van der Waals surface area contributed by atoms with Gasteiger partial charge in [0.1, 0.15) is 0 Å². The van der Waals surface area contributed by atoms with Crippen LogP contribution in [0, 0.1) is 5.92 Å². The summed E-state index contributed by atoms with van der Waals surface area (Å²) in [5.74, 6) is 0.956. The molecule has 5 nitrogen and oxygen atoms in total. The lowest BCUT2D eigenvalue weighted by atomic mass is 10.1. The Hall–Kier alpha value is -0.940. The molecule has 1 aliphatic rings. The molecule has 5 heteroatoms. The smallest absolute Gasteiger partial charge is 0.0965 e. The third kappa shape index (κ3) is 5.59. The minimum atomic E-state index is 0.118. The first-order valence-electron chi connectivity index (χ1n) is 7.82. The average molecular weight is 279 g/mol.